The molecule has 1 amide bonds. The molecule has 1 aromatic heterocycles. The number of hydrogen-bond acceptors (Lipinski definition) is 14. The minimum absolute atomic E-state index is 0.187. The predicted octanol–water partition coefficient (Wildman–Crippen LogP) is 5.14. The Hall–Kier alpha value is -3.73. The molecule has 0 bridgehead atoms. The minimum Gasteiger partial charge on any atom is -0.458 e. The van der Waals surface area contributed by atoms with E-state index in [0.29, 0.717) is 31.5 Å². The molecule has 0 spiro atoms. The van der Waals surface area contributed by atoms with Gasteiger partial charge in [0, 0.05) is 49.0 Å². The zero-order valence-electron chi connectivity index (χ0n) is 36.0. The first-order valence-electron chi connectivity index (χ1n) is 20.7. The number of nitrogens with one attached hydrogen (secondary N) is 1. The number of ketones is 1. The number of ether oxygens (including phenoxy) is 5. The van der Waals surface area contributed by atoms with Crippen molar-refractivity contribution in [2.24, 2.45) is 28.8 Å². The molecule has 3 aliphatic heterocycles. The van der Waals surface area contributed by atoms with Gasteiger partial charge in [-0.25, -0.2) is 15.2 Å². The highest BCUT2D eigenvalue weighted by Crippen LogP contribution is 2.43. The maximum atomic E-state index is 14.4. The molecule has 3 fully saturated rings. The molecule has 5 rings (SSSR count). The van der Waals surface area contributed by atoms with Crippen molar-refractivity contribution in [2.45, 2.75) is 141 Å². The highest BCUT2D eigenvalue weighted by atomic mass is 16.7. The quantitative estimate of drug-likeness (QED) is 0.0945. The molecule has 15 nitrogen and oxygen atoms in total. The number of aliphatic hydroxyl groups excluding tert-OH is 1. The molecule has 3 aliphatic rings. The Balaban J connectivity index is 1.49. The van der Waals surface area contributed by atoms with Gasteiger partial charge < -0.3 is 38.9 Å². The number of carbonyl (C=O) groups is 3. The fourth-order valence-corrected chi connectivity index (χ4v) is 9.58. The number of benzene rings is 1. The second-order valence-electron chi connectivity index (χ2n) is 17.2. The summed E-state index contributed by atoms with van der Waals surface area (Å²) in [5.41, 5.74) is 3.01. The SMILES string of the molecule is CC[C@@H]1OC(=O)[C@H](C)C(=O)[C@H](C)[C@@H](O[C@@H]2O[C@H](C)C[C@H](N(C)C)[C@H]2O)[C@](C)(OC)C[C@@H](C)/C(=N\O)[C@@H](C)[C@H]2N(NCCCc3ccnc4ccccc34)C(=O)O[C@]12C. The first kappa shape index (κ1) is 45.4. The van der Waals surface area contributed by atoms with Crippen LogP contribution < -0.4 is 5.43 Å². The van der Waals surface area contributed by atoms with Crippen molar-refractivity contribution in [1.29, 1.82) is 0 Å². The van der Waals surface area contributed by atoms with Crippen LogP contribution in [0.4, 0.5) is 4.79 Å². The third kappa shape index (κ3) is 9.04. The number of amides is 1. The number of oxime groups is 1. The van der Waals surface area contributed by atoms with Gasteiger partial charge in [-0.15, -0.1) is 0 Å². The number of fused-ring (bicyclic) bond motifs is 2. The van der Waals surface area contributed by atoms with E-state index in [2.05, 4.69) is 15.6 Å². The van der Waals surface area contributed by atoms with Crippen molar-refractivity contribution in [2.75, 3.05) is 27.7 Å². The smallest absolute Gasteiger partial charge is 0.425 e. The fourth-order valence-electron chi connectivity index (χ4n) is 9.58. The summed E-state index contributed by atoms with van der Waals surface area (Å²) in [6, 6.07) is 8.84. The van der Waals surface area contributed by atoms with Crippen LogP contribution in [0.25, 0.3) is 10.9 Å². The van der Waals surface area contributed by atoms with Gasteiger partial charge in [-0.05, 0) is 91.6 Å². The Morgan fingerprint density at radius 2 is 1.78 bits per heavy atom. The number of hydrogen-bond donors (Lipinski definition) is 3. The highest BCUT2D eigenvalue weighted by Gasteiger charge is 2.60. The number of hydrazine groups is 1. The third-order valence-electron chi connectivity index (χ3n) is 12.9. The van der Waals surface area contributed by atoms with Gasteiger partial charge in [0.15, 0.2) is 17.7 Å². The number of aromatic nitrogens is 1. The summed E-state index contributed by atoms with van der Waals surface area (Å²) >= 11 is 0. The molecular formula is C43H65N5O10. The molecule has 322 valence electrons. The molecule has 0 radical (unpaired) electrons. The van der Waals surface area contributed by atoms with Gasteiger partial charge in [0.2, 0.25) is 0 Å². The lowest BCUT2D eigenvalue weighted by Crippen LogP contribution is -2.61. The lowest BCUT2D eigenvalue weighted by Gasteiger charge is -2.47. The molecule has 15 heteroatoms. The number of rotatable bonds is 10. The number of esters is 1. The van der Waals surface area contributed by atoms with Crippen LogP contribution in [-0.4, -0.2) is 131 Å². The number of aliphatic hydroxyl groups is 1. The van der Waals surface area contributed by atoms with E-state index in [1.807, 2.05) is 77.0 Å². The second-order valence-corrected chi connectivity index (χ2v) is 17.2. The van der Waals surface area contributed by atoms with Crippen LogP contribution in [0.3, 0.4) is 0 Å². The average Bonchev–Trinajstić information content (AvgIpc) is 3.46. The Morgan fingerprint density at radius 1 is 1.07 bits per heavy atom. The molecule has 0 unspecified atom stereocenters. The van der Waals surface area contributed by atoms with Crippen LogP contribution in [0, 0.1) is 23.7 Å². The van der Waals surface area contributed by atoms with E-state index in [9.17, 15) is 24.7 Å². The predicted molar refractivity (Wildman–Crippen MR) is 217 cm³/mol. The molecule has 3 N–H and O–H groups in total. The van der Waals surface area contributed by atoms with Crippen LogP contribution in [0.15, 0.2) is 41.7 Å². The van der Waals surface area contributed by atoms with Gasteiger partial charge in [-0.1, -0.05) is 51.0 Å². The standard InChI is InChI=1S/C43H65N5O10/c1-12-33-43(8)37(48(41(52)58-43)45-20-15-16-29-19-21-44-31-18-14-13-17-30(29)31)26(4)34(46-53)24(2)23-42(7,54-11)38(27(5)35(49)28(6)39(51)56-33)57-40-36(50)32(47(9)10)22-25(3)55-40/h13-14,17-19,21,24-28,32-33,36-38,40,45,50,53H,12,15-16,20,22-23H2,1-11H3/b46-34+/t24-,25-,26-,27+,28-,32+,33+,36-,37-,38-,40+,42-,43-/m1/s1. The van der Waals surface area contributed by atoms with E-state index in [0.717, 1.165) is 16.5 Å². The second kappa shape index (κ2) is 18.7. The van der Waals surface area contributed by atoms with Gasteiger partial charge in [0.05, 0.1) is 29.0 Å². The van der Waals surface area contributed by atoms with Crippen molar-refractivity contribution in [1.82, 2.24) is 20.3 Å². The zero-order chi connectivity index (χ0) is 42.7. The van der Waals surface area contributed by atoms with E-state index >= 15 is 0 Å². The van der Waals surface area contributed by atoms with Gasteiger partial charge in [-0.3, -0.25) is 14.6 Å². The highest BCUT2D eigenvalue weighted by molar-refractivity contribution is 6.00. The van der Waals surface area contributed by atoms with Crippen molar-refractivity contribution in [3.05, 3.63) is 42.1 Å². The van der Waals surface area contributed by atoms with Crippen molar-refractivity contribution in [3.8, 4) is 0 Å². The summed E-state index contributed by atoms with van der Waals surface area (Å²) in [5, 5.41) is 28.6. The van der Waals surface area contributed by atoms with Crippen LogP contribution >= 0.6 is 0 Å². The first-order valence-corrected chi connectivity index (χ1v) is 20.7. The largest absolute Gasteiger partial charge is 0.458 e. The number of aryl methyl sites for hydroxylation is 1. The van der Waals surface area contributed by atoms with Crippen molar-refractivity contribution < 1.29 is 48.4 Å². The molecule has 0 saturated carbocycles. The van der Waals surface area contributed by atoms with Crippen LogP contribution in [0.5, 0.6) is 0 Å². The van der Waals surface area contributed by atoms with Crippen LogP contribution in [0.2, 0.25) is 0 Å². The molecule has 58 heavy (non-hydrogen) atoms. The molecule has 13 atom stereocenters. The molecular weight excluding hydrogens is 746 g/mol. The van der Waals surface area contributed by atoms with Gasteiger partial charge in [-0.2, -0.15) is 0 Å². The minimum atomic E-state index is -1.42. The maximum Gasteiger partial charge on any atom is 0.425 e. The molecule has 2 aromatic rings. The van der Waals surface area contributed by atoms with Crippen molar-refractivity contribution in [3.63, 3.8) is 0 Å². The third-order valence-corrected chi connectivity index (χ3v) is 12.9. The fraction of sp³-hybridized carbons (Fsp3) is 0.698. The Kier molecular flexibility index (Phi) is 14.6. The zero-order valence-corrected chi connectivity index (χ0v) is 36.0. The number of methoxy groups -OCH3 is 1. The van der Waals surface area contributed by atoms with Gasteiger partial charge in [0.25, 0.3) is 0 Å². The maximum absolute atomic E-state index is 14.4. The molecule has 4 heterocycles. The number of Topliss-reactive ketones (excluding diaryl/α,β-unsaturated/α-hetero) is 1. The normalized spacial score (nSPS) is 37.5. The topological polar surface area (TPSA) is 182 Å². The summed E-state index contributed by atoms with van der Waals surface area (Å²) in [6.07, 6.45) is -0.909. The lowest BCUT2D eigenvalue weighted by molar-refractivity contribution is -0.295. The summed E-state index contributed by atoms with van der Waals surface area (Å²) in [4.78, 5) is 48.7. The number of carbonyl (C=O) groups excluding carboxylic acids is 3. The van der Waals surface area contributed by atoms with Crippen LogP contribution in [0.1, 0.15) is 86.6 Å². The van der Waals surface area contributed by atoms with E-state index in [1.54, 1.807) is 27.0 Å². The van der Waals surface area contributed by atoms with E-state index < -0.39 is 83.4 Å². The number of likely N-dealkylation sites (N-methyl/N-ethyl adjacent to an activating group) is 1. The van der Waals surface area contributed by atoms with E-state index in [4.69, 9.17) is 23.7 Å². The molecule has 0 aliphatic carbocycles. The Morgan fingerprint density at radius 3 is 2.43 bits per heavy atom. The number of para-hydroxylation sites is 1. The Bertz CT molecular complexity index is 1790. The number of cyclic esters (lactones) is 1. The molecule has 1 aromatic carbocycles. The molecule has 3 saturated heterocycles. The summed E-state index contributed by atoms with van der Waals surface area (Å²) in [7, 11) is 5.26. The van der Waals surface area contributed by atoms with Gasteiger partial charge >= 0.3 is 12.1 Å². The number of pyridine rings is 1. The number of nitrogens with zero attached hydrogens (tertiary/aromatic N) is 4. The Labute approximate surface area is 342 Å². The summed E-state index contributed by atoms with van der Waals surface area (Å²) in [6.45, 7) is 14.6. The van der Waals surface area contributed by atoms with Crippen molar-refractivity contribution >= 4 is 34.5 Å². The van der Waals surface area contributed by atoms with Crippen LogP contribution in [-0.2, 0) is 39.7 Å². The lowest BCUT2D eigenvalue weighted by atomic mass is 9.73. The van der Waals surface area contributed by atoms with E-state index in [-0.39, 0.29) is 25.0 Å². The summed E-state index contributed by atoms with van der Waals surface area (Å²) < 4.78 is 31.4. The summed E-state index contributed by atoms with van der Waals surface area (Å²) in [5.74, 6) is -4.57. The first-order chi connectivity index (χ1) is 27.4. The average molecular weight is 812 g/mol. The monoisotopic (exact) mass is 811 g/mol. The van der Waals surface area contributed by atoms with Gasteiger partial charge in [0.1, 0.15) is 24.2 Å². The van der Waals surface area contributed by atoms with E-state index in [1.165, 1.54) is 19.0 Å².